The number of carboxylic acid groups (broad SMARTS) is 1. The van der Waals surface area contributed by atoms with Crippen LogP contribution in [0, 0.1) is 5.82 Å². The van der Waals surface area contributed by atoms with Crippen molar-refractivity contribution in [2.75, 3.05) is 19.7 Å². The Bertz CT molecular complexity index is 603. The van der Waals surface area contributed by atoms with Crippen molar-refractivity contribution in [3.05, 3.63) is 29.6 Å². The SMILES string of the molecule is CCCCN(CCO)S(=O)(=O)c1cc(C(=O)O)ccc1F. The van der Waals surface area contributed by atoms with E-state index >= 15 is 0 Å². The molecule has 1 aromatic rings. The van der Waals surface area contributed by atoms with Gasteiger partial charge in [0.05, 0.1) is 12.2 Å². The summed E-state index contributed by atoms with van der Waals surface area (Å²) in [6, 6.07) is 2.61. The van der Waals surface area contributed by atoms with Crippen LogP contribution in [0.25, 0.3) is 0 Å². The Morgan fingerprint density at radius 3 is 2.52 bits per heavy atom. The Balaban J connectivity index is 3.26. The van der Waals surface area contributed by atoms with Crippen molar-refractivity contribution in [2.24, 2.45) is 0 Å². The van der Waals surface area contributed by atoms with Gasteiger partial charge in [-0.2, -0.15) is 4.31 Å². The highest BCUT2D eigenvalue weighted by Crippen LogP contribution is 2.21. The van der Waals surface area contributed by atoms with Crippen LogP contribution in [0.2, 0.25) is 0 Å². The standard InChI is InChI=1S/C13H18FNO5S/c1-2-3-6-15(7-8-16)21(19,20)12-9-10(13(17)18)4-5-11(12)14/h4-5,9,16H,2-3,6-8H2,1H3,(H,17,18). The number of aliphatic hydroxyl groups is 1. The molecule has 1 aromatic carbocycles. The number of carbonyl (C=O) groups is 1. The Hall–Kier alpha value is -1.51. The summed E-state index contributed by atoms with van der Waals surface area (Å²) in [4.78, 5) is 10.2. The quantitative estimate of drug-likeness (QED) is 0.753. The molecule has 6 nitrogen and oxygen atoms in total. The summed E-state index contributed by atoms with van der Waals surface area (Å²) in [5.74, 6) is -2.35. The van der Waals surface area contributed by atoms with Crippen molar-refractivity contribution in [2.45, 2.75) is 24.7 Å². The monoisotopic (exact) mass is 319 g/mol. The number of aromatic carboxylic acids is 1. The number of benzene rings is 1. The molecular formula is C13H18FNO5S. The lowest BCUT2D eigenvalue weighted by molar-refractivity contribution is 0.0696. The van der Waals surface area contributed by atoms with E-state index in [0.717, 1.165) is 28.9 Å². The van der Waals surface area contributed by atoms with Crippen LogP contribution < -0.4 is 0 Å². The highest BCUT2D eigenvalue weighted by molar-refractivity contribution is 7.89. The molecule has 0 saturated heterocycles. The summed E-state index contributed by atoms with van der Waals surface area (Å²) >= 11 is 0. The van der Waals surface area contributed by atoms with Gasteiger partial charge in [-0.05, 0) is 24.6 Å². The predicted molar refractivity (Wildman–Crippen MR) is 74.1 cm³/mol. The van der Waals surface area contributed by atoms with Crippen LogP contribution >= 0.6 is 0 Å². The maximum absolute atomic E-state index is 13.8. The maximum Gasteiger partial charge on any atom is 0.335 e. The number of sulfonamides is 1. The summed E-state index contributed by atoms with van der Waals surface area (Å²) < 4.78 is 39.6. The molecule has 0 atom stereocenters. The van der Waals surface area contributed by atoms with E-state index in [0.29, 0.717) is 6.42 Å². The second-order valence-electron chi connectivity index (χ2n) is 4.43. The lowest BCUT2D eigenvalue weighted by atomic mass is 10.2. The van der Waals surface area contributed by atoms with E-state index in [1.54, 1.807) is 0 Å². The summed E-state index contributed by atoms with van der Waals surface area (Å²) in [6.45, 7) is 1.44. The molecule has 0 heterocycles. The lowest BCUT2D eigenvalue weighted by Crippen LogP contribution is -2.35. The molecule has 0 aliphatic heterocycles. The van der Waals surface area contributed by atoms with Crippen LogP contribution in [-0.2, 0) is 10.0 Å². The van der Waals surface area contributed by atoms with Gasteiger partial charge < -0.3 is 10.2 Å². The first-order valence-electron chi connectivity index (χ1n) is 6.48. The normalized spacial score (nSPS) is 11.8. The summed E-state index contributed by atoms with van der Waals surface area (Å²) in [5, 5.41) is 17.8. The fourth-order valence-electron chi connectivity index (χ4n) is 1.77. The topological polar surface area (TPSA) is 94.9 Å². The van der Waals surface area contributed by atoms with Crippen LogP contribution in [0.1, 0.15) is 30.1 Å². The van der Waals surface area contributed by atoms with Gasteiger partial charge in [-0.1, -0.05) is 13.3 Å². The van der Waals surface area contributed by atoms with Crippen molar-refractivity contribution >= 4 is 16.0 Å². The largest absolute Gasteiger partial charge is 0.478 e. The van der Waals surface area contributed by atoms with Gasteiger partial charge >= 0.3 is 5.97 Å². The Morgan fingerprint density at radius 2 is 2.00 bits per heavy atom. The van der Waals surface area contributed by atoms with Crippen molar-refractivity contribution in [1.29, 1.82) is 0 Å². The summed E-state index contributed by atoms with van der Waals surface area (Å²) in [6.07, 6.45) is 1.29. The van der Waals surface area contributed by atoms with E-state index in [1.807, 2.05) is 6.92 Å². The lowest BCUT2D eigenvalue weighted by Gasteiger charge is -2.21. The molecule has 1 rings (SSSR count). The average molecular weight is 319 g/mol. The van der Waals surface area contributed by atoms with Crippen LogP contribution in [0.15, 0.2) is 23.1 Å². The number of hydrogen-bond donors (Lipinski definition) is 2. The molecule has 0 unspecified atom stereocenters. The minimum Gasteiger partial charge on any atom is -0.478 e. The van der Waals surface area contributed by atoms with Gasteiger partial charge in [0.2, 0.25) is 10.0 Å². The minimum atomic E-state index is -4.19. The third-order valence-electron chi connectivity index (χ3n) is 2.91. The van der Waals surface area contributed by atoms with Crippen molar-refractivity contribution in [1.82, 2.24) is 4.31 Å². The highest BCUT2D eigenvalue weighted by Gasteiger charge is 2.27. The van der Waals surface area contributed by atoms with Gasteiger partial charge in [0.15, 0.2) is 0 Å². The second kappa shape index (κ2) is 7.48. The first-order chi connectivity index (χ1) is 9.84. The van der Waals surface area contributed by atoms with Gasteiger partial charge in [0.25, 0.3) is 0 Å². The number of aliphatic hydroxyl groups excluding tert-OH is 1. The third kappa shape index (κ3) is 4.23. The zero-order valence-corrected chi connectivity index (χ0v) is 12.4. The molecule has 0 radical (unpaired) electrons. The van der Waals surface area contributed by atoms with E-state index in [1.165, 1.54) is 0 Å². The van der Waals surface area contributed by atoms with E-state index in [-0.39, 0.29) is 18.7 Å². The first-order valence-corrected chi connectivity index (χ1v) is 7.92. The Morgan fingerprint density at radius 1 is 1.33 bits per heavy atom. The van der Waals surface area contributed by atoms with Gasteiger partial charge in [0, 0.05) is 13.1 Å². The summed E-state index contributed by atoms with van der Waals surface area (Å²) in [7, 11) is -4.19. The zero-order valence-electron chi connectivity index (χ0n) is 11.6. The van der Waals surface area contributed by atoms with Crippen molar-refractivity contribution in [3.8, 4) is 0 Å². The molecule has 0 spiro atoms. The fraction of sp³-hybridized carbons (Fsp3) is 0.462. The third-order valence-corrected chi connectivity index (χ3v) is 4.82. The summed E-state index contributed by atoms with van der Waals surface area (Å²) in [5.41, 5.74) is -0.311. The zero-order chi connectivity index (χ0) is 16.0. The molecular weight excluding hydrogens is 301 g/mol. The van der Waals surface area contributed by atoms with Gasteiger partial charge in [-0.15, -0.1) is 0 Å². The second-order valence-corrected chi connectivity index (χ2v) is 6.34. The van der Waals surface area contributed by atoms with E-state index < -0.39 is 33.3 Å². The van der Waals surface area contributed by atoms with Crippen molar-refractivity contribution < 1.29 is 27.8 Å². The van der Waals surface area contributed by atoms with Crippen LogP contribution in [-0.4, -0.2) is 48.6 Å². The van der Waals surface area contributed by atoms with E-state index in [9.17, 15) is 17.6 Å². The van der Waals surface area contributed by atoms with Crippen LogP contribution in [0.5, 0.6) is 0 Å². The number of hydrogen-bond acceptors (Lipinski definition) is 4. The maximum atomic E-state index is 13.8. The smallest absolute Gasteiger partial charge is 0.335 e. The first kappa shape index (κ1) is 17.5. The van der Waals surface area contributed by atoms with Gasteiger partial charge in [-0.25, -0.2) is 17.6 Å². The van der Waals surface area contributed by atoms with E-state index in [2.05, 4.69) is 0 Å². The van der Waals surface area contributed by atoms with Crippen molar-refractivity contribution in [3.63, 3.8) is 0 Å². The minimum absolute atomic E-state index is 0.135. The highest BCUT2D eigenvalue weighted by atomic mass is 32.2. The number of halogens is 1. The molecule has 8 heteroatoms. The number of carboxylic acids is 1. The molecule has 0 aliphatic rings. The predicted octanol–water partition coefficient (Wildman–Crippen LogP) is 1.31. The Kier molecular flexibility index (Phi) is 6.25. The molecule has 118 valence electrons. The molecule has 2 N–H and O–H groups in total. The molecule has 0 aromatic heterocycles. The van der Waals surface area contributed by atoms with Crippen LogP contribution in [0.3, 0.4) is 0 Å². The van der Waals surface area contributed by atoms with Gasteiger partial charge in [0.1, 0.15) is 10.7 Å². The Labute approximate surface area is 122 Å². The fourth-order valence-corrected chi connectivity index (χ4v) is 3.33. The number of rotatable bonds is 8. The number of unbranched alkanes of at least 4 members (excludes halogenated alkanes) is 1. The molecule has 0 aliphatic carbocycles. The van der Waals surface area contributed by atoms with Gasteiger partial charge in [-0.3, -0.25) is 0 Å². The average Bonchev–Trinajstić information content (AvgIpc) is 2.43. The molecule has 21 heavy (non-hydrogen) atoms. The number of nitrogens with zero attached hydrogens (tertiary/aromatic N) is 1. The van der Waals surface area contributed by atoms with E-state index in [4.69, 9.17) is 10.2 Å². The molecule has 0 saturated carbocycles. The molecule has 0 amide bonds. The molecule has 0 bridgehead atoms. The van der Waals surface area contributed by atoms with Crippen LogP contribution in [0.4, 0.5) is 4.39 Å². The molecule has 0 fully saturated rings.